The zero-order chi connectivity index (χ0) is 20.3. The van der Waals surface area contributed by atoms with E-state index in [1.165, 1.54) is 0 Å². The van der Waals surface area contributed by atoms with Crippen molar-refractivity contribution < 1.29 is 9.53 Å². The molecule has 3 aromatic carbocycles. The summed E-state index contributed by atoms with van der Waals surface area (Å²) >= 11 is 7.62. The van der Waals surface area contributed by atoms with E-state index < -0.39 is 0 Å². The molecule has 0 fully saturated rings. The van der Waals surface area contributed by atoms with Crippen molar-refractivity contribution in [2.45, 2.75) is 17.9 Å². The summed E-state index contributed by atoms with van der Waals surface area (Å²) < 4.78 is 5.75. The summed E-state index contributed by atoms with van der Waals surface area (Å²) in [5.74, 6) is 1.36. The Labute approximate surface area is 179 Å². The van der Waals surface area contributed by atoms with Gasteiger partial charge in [0.2, 0.25) is 5.91 Å². The van der Waals surface area contributed by atoms with Crippen LogP contribution in [0.15, 0.2) is 88.9 Å². The summed E-state index contributed by atoms with van der Waals surface area (Å²) in [6.45, 7) is 0.449. The van der Waals surface area contributed by atoms with Crippen LogP contribution in [-0.2, 0) is 11.4 Å². The molecule has 0 aromatic heterocycles. The van der Waals surface area contributed by atoms with Crippen molar-refractivity contribution >= 4 is 35.5 Å². The van der Waals surface area contributed by atoms with Gasteiger partial charge in [0, 0.05) is 22.1 Å². The fourth-order valence-electron chi connectivity index (χ4n) is 2.46. The molecule has 1 N–H and O–H groups in total. The SMILES string of the molecule is O=C(CCSc1ccccc1)N/N=C/c1ccc(OCc2cccc(Cl)c2)cc1. The predicted octanol–water partition coefficient (Wildman–Crippen LogP) is 5.55. The molecule has 1 amide bonds. The second kappa shape index (κ2) is 11.3. The van der Waals surface area contributed by atoms with Gasteiger partial charge in [0.15, 0.2) is 0 Å². The second-order valence-electron chi connectivity index (χ2n) is 6.19. The van der Waals surface area contributed by atoms with Crippen molar-refractivity contribution in [3.8, 4) is 5.75 Å². The van der Waals surface area contributed by atoms with Gasteiger partial charge >= 0.3 is 0 Å². The van der Waals surface area contributed by atoms with Crippen LogP contribution in [-0.4, -0.2) is 17.9 Å². The molecule has 0 unspecified atom stereocenters. The number of hydrogen-bond donors (Lipinski definition) is 1. The Kier molecular flexibility index (Phi) is 8.16. The van der Waals surface area contributed by atoms with E-state index in [1.807, 2.05) is 78.9 Å². The van der Waals surface area contributed by atoms with E-state index >= 15 is 0 Å². The van der Waals surface area contributed by atoms with Crippen LogP contribution in [0.25, 0.3) is 0 Å². The Hall–Kier alpha value is -2.76. The minimum atomic E-state index is -0.105. The first-order valence-corrected chi connectivity index (χ1v) is 10.5. The highest BCUT2D eigenvalue weighted by molar-refractivity contribution is 7.99. The highest BCUT2D eigenvalue weighted by atomic mass is 35.5. The van der Waals surface area contributed by atoms with Crippen molar-refractivity contribution in [3.05, 3.63) is 95.0 Å². The van der Waals surface area contributed by atoms with E-state index in [1.54, 1.807) is 18.0 Å². The number of amides is 1. The molecule has 0 atom stereocenters. The van der Waals surface area contributed by atoms with Gasteiger partial charge in [0.25, 0.3) is 0 Å². The third-order valence-electron chi connectivity index (χ3n) is 3.92. The molecule has 3 aromatic rings. The lowest BCUT2D eigenvalue weighted by Crippen LogP contribution is -2.17. The van der Waals surface area contributed by atoms with Gasteiger partial charge in [-0.05, 0) is 59.7 Å². The van der Waals surface area contributed by atoms with Gasteiger partial charge in [0.05, 0.1) is 6.21 Å². The Morgan fingerprint density at radius 1 is 1.03 bits per heavy atom. The molecule has 0 saturated carbocycles. The van der Waals surface area contributed by atoms with Gasteiger partial charge in [-0.15, -0.1) is 11.8 Å². The maximum absolute atomic E-state index is 11.9. The molecular formula is C23H21ClN2O2S. The third-order valence-corrected chi connectivity index (χ3v) is 5.17. The third kappa shape index (κ3) is 7.64. The van der Waals surface area contributed by atoms with E-state index in [-0.39, 0.29) is 5.91 Å². The van der Waals surface area contributed by atoms with Gasteiger partial charge in [-0.1, -0.05) is 41.9 Å². The number of thioether (sulfide) groups is 1. The fraction of sp³-hybridized carbons (Fsp3) is 0.130. The van der Waals surface area contributed by atoms with E-state index in [2.05, 4.69) is 10.5 Å². The van der Waals surface area contributed by atoms with Crippen LogP contribution < -0.4 is 10.2 Å². The van der Waals surface area contributed by atoms with Crippen LogP contribution in [0.5, 0.6) is 5.75 Å². The van der Waals surface area contributed by atoms with Crippen LogP contribution in [0, 0.1) is 0 Å². The van der Waals surface area contributed by atoms with Crippen LogP contribution in [0.3, 0.4) is 0 Å². The minimum absolute atomic E-state index is 0.105. The summed E-state index contributed by atoms with van der Waals surface area (Å²) in [6.07, 6.45) is 2.02. The second-order valence-corrected chi connectivity index (χ2v) is 7.80. The molecule has 0 saturated heterocycles. The highest BCUT2D eigenvalue weighted by Crippen LogP contribution is 2.18. The number of ether oxygens (including phenoxy) is 1. The summed E-state index contributed by atoms with van der Waals surface area (Å²) in [5, 5.41) is 4.70. The van der Waals surface area contributed by atoms with Crippen molar-refractivity contribution in [3.63, 3.8) is 0 Å². The van der Waals surface area contributed by atoms with Gasteiger partial charge in [-0.2, -0.15) is 5.10 Å². The Bertz CT molecular complexity index is 947. The van der Waals surface area contributed by atoms with Crippen LogP contribution in [0.4, 0.5) is 0 Å². The first-order valence-electron chi connectivity index (χ1n) is 9.16. The Morgan fingerprint density at radius 3 is 2.59 bits per heavy atom. The maximum Gasteiger partial charge on any atom is 0.240 e. The lowest BCUT2D eigenvalue weighted by atomic mass is 10.2. The largest absolute Gasteiger partial charge is 0.489 e. The molecule has 0 aliphatic carbocycles. The van der Waals surface area contributed by atoms with Gasteiger partial charge in [0.1, 0.15) is 12.4 Å². The molecule has 4 nitrogen and oxygen atoms in total. The lowest BCUT2D eigenvalue weighted by molar-refractivity contribution is -0.120. The van der Waals surface area contributed by atoms with Crippen molar-refractivity contribution in [2.24, 2.45) is 5.10 Å². The number of carbonyl (C=O) groups is 1. The molecule has 0 bridgehead atoms. The van der Waals surface area contributed by atoms with E-state index in [0.717, 1.165) is 21.8 Å². The quantitative estimate of drug-likeness (QED) is 0.278. The van der Waals surface area contributed by atoms with Gasteiger partial charge in [-0.25, -0.2) is 5.43 Å². The summed E-state index contributed by atoms with van der Waals surface area (Å²) in [6, 6.07) is 25.1. The zero-order valence-electron chi connectivity index (χ0n) is 15.8. The molecule has 29 heavy (non-hydrogen) atoms. The first-order chi connectivity index (χ1) is 14.2. The Balaban J connectivity index is 1.38. The van der Waals surface area contributed by atoms with Crippen LogP contribution in [0.2, 0.25) is 5.02 Å². The maximum atomic E-state index is 11.9. The minimum Gasteiger partial charge on any atom is -0.489 e. The number of hydrogen-bond acceptors (Lipinski definition) is 4. The molecule has 0 heterocycles. The first kappa shape index (κ1) is 21.0. The van der Waals surface area contributed by atoms with E-state index in [0.29, 0.717) is 23.8 Å². The average Bonchev–Trinajstić information content (AvgIpc) is 2.74. The number of halogens is 1. The predicted molar refractivity (Wildman–Crippen MR) is 120 cm³/mol. The standard InChI is InChI=1S/C23H21ClN2O2S/c24-20-6-4-5-19(15-20)17-28-21-11-9-18(10-12-21)16-25-26-23(27)13-14-29-22-7-2-1-3-8-22/h1-12,15-16H,13-14,17H2,(H,26,27)/b25-16+. The highest BCUT2D eigenvalue weighted by Gasteiger charge is 2.01. The molecule has 0 aliphatic heterocycles. The number of nitrogens with one attached hydrogen (secondary N) is 1. The molecule has 148 valence electrons. The number of carbonyl (C=O) groups excluding carboxylic acids is 1. The average molecular weight is 425 g/mol. The van der Waals surface area contributed by atoms with Crippen LogP contribution >= 0.6 is 23.4 Å². The van der Waals surface area contributed by atoms with Crippen molar-refractivity contribution in [2.75, 3.05) is 5.75 Å². The number of hydrazone groups is 1. The van der Waals surface area contributed by atoms with E-state index in [9.17, 15) is 4.79 Å². The Morgan fingerprint density at radius 2 is 1.83 bits per heavy atom. The van der Waals surface area contributed by atoms with Crippen molar-refractivity contribution in [1.82, 2.24) is 5.43 Å². The summed E-state index contributed by atoms with van der Waals surface area (Å²) in [5.41, 5.74) is 4.44. The topological polar surface area (TPSA) is 50.7 Å². The molecule has 6 heteroatoms. The molecule has 0 aliphatic rings. The van der Waals surface area contributed by atoms with E-state index in [4.69, 9.17) is 16.3 Å². The summed E-state index contributed by atoms with van der Waals surface area (Å²) in [7, 11) is 0. The van der Waals surface area contributed by atoms with Crippen molar-refractivity contribution in [1.29, 1.82) is 0 Å². The van der Waals surface area contributed by atoms with Gasteiger partial charge < -0.3 is 4.74 Å². The molecule has 0 radical (unpaired) electrons. The molecule has 3 rings (SSSR count). The monoisotopic (exact) mass is 424 g/mol. The smallest absolute Gasteiger partial charge is 0.240 e. The molecular weight excluding hydrogens is 404 g/mol. The van der Waals surface area contributed by atoms with Gasteiger partial charge in [-0.3, -0.25) is 4.79 Å². The normalized spacial score (nSPS) is 10.8. The summed E-state index contributed by atoms with van der Waals surface area (Å²) in [4.78, 5) is 13.0. The molecule has 0 spiro atoms. The number of rotatable bonds is 9. The fourth-order valence-corrected chi connectivity index (χ4v) is 3.54. The number of nitrogens with zero attached hydrogens (tertiary/aromatic N) is 1. The number of benzene rings is 3. The zero-order valence-corrected chi connectivity index (χ0v) is 17.3. The lowest BCUT2D eigenvalue weighted by Gasteiger charge is -2.06. The van der Waals surface area contributed by atoms with Crippen LogP contribution in [0.1, 0.15) is 17.5 Å².